The Morgan fingerprint density at radius 3 is 2.92 bits per heavy atom. The number of rotatable bonds is 6. The van der Waals surface area contributed by atoms with Crippen molar-refractivity contribution in [3.8, 4) is 0 Å². The third-order valence-electron chi connectivity index (χ3n) is 3.93. The zero-order valence-electron chi connectivity index (χ0n) is 13.9. The van der Waals surface area contributed by atoms with Gasteiger partial charge in [0.25, 0.3) is 5.91 Å². The van der Waals surface area contributed by atoms with Gasteiger partial charge >= 0.3 is 0 Å². The number of carbonyl (C=O) groups excluding carboxylic acids is 1. The fraction of sp³-hybridized carbons (Fsp3) is 0.353. The fourth-order valence-corrected chi connectivity index (χ4v) is 4.09. The summed E-state index contributed by atoms with van der Waals surface area (Å²) in [5, 5.41) is 9.39. The second kappa shape index (κ2) is 7.27. The first-order chi connectivity index (χ1) is 11.6. The molecule has 0 fully saturated rings. The van der Waals surface area contributed by atoms with E-state index in [2.05, 4.69) is 39.0 Å². The van der Waals surface area contributed by atoms with E-state index in [0.29, 0.717) is 11.4 Å². The molecule has 0 aliphatic carbocycles. The Kier molecular flexibility index (Phi) is 5.11. The molecule has 0 saturated heterocycles. The van der Waals surface area contributed by atoms with E-state index < -0.39 is 0 Å². The minimum atomic E-state index is -0.0333. The Morgan fingerprint density at radius 2 is 2.21 bits per heavy atom. The number of nitrogens with zero attached hydrogens (tertiary/aromatic N) is 2. The van der Waals surface area contributed by atoms with Crippen molar-refractivity contribution in [1.29, 1.82) is 0 Å². The van der Waals surface area contributed by atoms with Gasteiger partial charge in [0, 0.05) is 10.9 Å². The van der Waals surface area contributed by atoms with Crippen molar-refractivity contribution in [1.82, 2.24) is 15.3 Å². The summed E-state index contributed by atoms with van der Waals surface area (Å²) < 4.78 is 0. The molecule has 0 spiro atoms. The number of thiophene rings is 2. The molecule has 126 valence electrons. The highest BCUT2D eigenvalue weighted by molar-refractivity contribution is 7.20. The van der Waals surface area contributed by atoms with E-state index in [9.17, 15) is 4.79 Å². The Hall–Kier alpha value is -1.99. The normalized spacial score (nSPS) is 12.3. The minimum absolute atomic E-state index is 0.0333. The van der Waals surface area contributed by atoms with Gasteiger partial charge in [0.1, 0.15) is 17.0 Å². The standard InChI is InChI=1S/C17H20N4OS2/c1-4-10(2)21-16(22)14-11(3)13-15(19-9-20-17(13)24-14)18-8-12-6-5-7-23-12/h5-7,9-10H,4,8H2,1-3H3,(H,21,22)(H,18,19,20)/t10-/m0/s1. The average molecular weight is 361 g/mol. The molecule has 0 aliphatic heterocycles. The van der Waals surface area contributed by atoms with E-state index in [1.807, 2.05) is 19.9 Å². The van der Waals surface area contributed by atoms with Crippen LogP contribution in [0, 0.1) is 6.92 Å². The number of aromatic nitrogens is 2. The average Bonchev–Trinajstić information content (AvgIpc) is 3.21. The Balaban J connectivity index is 1.90. The molecule has 0 aromatic carbocycles. The zero-order chi connectivity index (χ0) is 17.1. The first-order valence-corrected chi connectivity index (χ1v) is 9.61. The highest BCUT2D eigenvalue weighted by Gasteiger charge is 2.20. The summed E-state index contributed by atoms with van der Waals surface area (Å²) in [4.78, 5) is 24.0. The summed E-state index contributed by atoms with van der Waals surface area (Å²) in [6.07, 6.45) is 2.45. The van der Waals surface area contributed by atoms with E-state index in [4.69, 9.17) is 0 Å². The van der Waals surface area contributed by atoms with Gasteiger partial charge in [-0.2, -0.15) is 0 Å². The quantitative estimate of drug-likeness (QED) is 0.691. The third-order valence-corrected chi connectivity index (χ3v) is 6.01. The maximum Gasteiger partial charge on any atom is 0.261 e. The summed E-state index contributed by atoms with van der Waals surface area (Å²) in [6.45, 7) is 6.74. The number of hydrogen-bond acceptors (Lipinski definition) is 6. The lowest BCUT2D eigenvalue weighted by molar-refractivity contribution is 0.0943. The lowest BCUT2D eigenvalue weighted by atomic mass is 10.2. The highest BCUT2D eigenvalue weighted by Crippen LogP contribution is 2.33. The van der Waals surface area contributed by atoms with Crippen LogP contribution in [0.5, 0.6) is 0 Å². The van der Waals surface area contributed by atoms with E-state index in [-0.39, 0.29) is 11.9 Å². The fourth-order valence-electron chi connectivity index (χ4n) is 2.40. The minimum Gasteiger partial charge on any atom is -0.365 e. The van der Waals surface area contributed by atoms with Gasteiger partial charge in [-0.1, -0.05) is 13.0 Å². The highest BCUT2D eigenvalue weighted by atomic mass is 32.1. The molecular weight excluding hydrogens is 340 g/mol. The molecule has 0 radical (unpaired) electrons. The molecule has 7 heteroatoms. The van der Waals surface area contributed by atoms with Crippen molar-refractivity contribution in [3.05, 3.63) is 39.2 Å². The van der Waals surface area contributed by atoms with Gasteiger partial charge < -0.3 is 10.6 Å². The SMILES string of the molecule is CC[C@H](C)NC(=O)c1sc2ncnc(NCc3cccs3)c2c1C. The molecule has 3 aromatic rings. The van der Waals surface area contributed by atoms with Crippen molar-refractivity contribution < 1.29 is 4.79 Å². The topological polar surface area (TPSA) is 66.9 Å². The number of carbonyl (C=O) groups is 1. The van der Waals surface area contributed by atoms with Crippen LogP contribution in [-0.4, -0.2) is 21.9 Å². The smallest absolute Gasteiger partial charge is 0.261 e. The van der Waals surface area contributed by atoms with Crippen LogP contribution in [0.1, 0.15) is 40.4 Å². The van der Waals surface area contributed by atoms with E-state index in [1.54, 1.807) is 17.7 Å². The van der Waals surface area contributed by atoms with Gasteiger partial charge in [0.2, 0.25) is 0 Å². The van der Waals surface area contributed by atoms with Crippen LogP contribution in [0.2, 0.25) is 0 Å². The van der Waals surface area contributed by atoms with Crippen LogP contribution in [0.25, 0.3) is 10.2 Å². The van der Waals surface area contributed by atoms with Gasteiger partial charge in [-0.05, 0) is 37.3 Å². The van der Waals surface area contributed by atoms with Crippen LogP contribution in [0.3, 0.4) is 0 Å². The molecule has 5 nitrogen and oxygen atoms in total. The van der Waals surface area contributed by atoms with Gasteiger partial charge in [0.15, 0.2) is 0 Å². The third kappa shape index (κ3) is 3.42. The van der Waals surface area contributed by atoms with Crippen LogP contribution in [0.4, 0.5) is 5.82 Å². The molecule has 24 heavy (non-hydrogen) atoms. The van der Waals surface area contributed by atoms with Crippen LogP contribution in [0.15, 0.2) is 23.8 Å². The summed E-state index contributed by atoms with van der Waals surface area (Å²) >= 11 is 3.13. The molecule has 3 aromatic heterocycles. The molecule has 3 heterocycles. The lowest BCUT2D eigenvalue weighted by Crippen LogP contribution is -2.31. The number of aryl methyl sites for hydroxylation is 1. The van der Waals surface area contributed by atoms with Crippen LogP contribution < -0.4 is 10.6 Å². The second-order valence-electron chi connectivity index (χ2n) is 5.67. The first kappa shape index (κ1) is 16.9. The summed E-state index contributed by atoms with van der Waals surface area (Å²) in [7, 11) is 0. The maximum atomic E-state index is 12.5. The molecular formula is C17H20N4OS2. The van der Waals surface area contributed by atoms with Crippen molar-refractivity contribution in [3.63, 3.8) is 0 Å². The summed E-state index contributed by atoms with van der Waals surface area (Å²) in [6, 6.07) is 4.27. The Morgan fingerprint density at radius 1 is 1.38 bits per heavy atom. The van der Waals surface area contributed by atoms with Gasteiger partial charge in [-0.25, -0.2) is 9.97 Å². The Labute approximate surface area is 149 Å². The molecule has 3 rings (SSSR count). The van der Waals surface area contributed by atoms with Crippen molar-refractivity contribution in [2.45, 2.75) is 39.8 Å². The number of amides is 1. The Bertz CT molecular complexity index is 842. The summed E-state index contributed by atoms with van der Waals surface area (Å²) in [5.41, 5.74) is 0.935. The summed E-state index contributed by atoms with van der Waals surface area (Å²) in [5.74, 6) is 0.749. The van der Waals surface area contributed by atoms with Crippen molar-refractivity contribution in [2.75, 3.05) is 5.32 Å². The number of hydrogen-bond donors (Lipinski definition) is 2. The van der Waals surface area contributed by atoms with Gasteiger partial charge in [-0.3, -0.25) is 4.79 Å². The number of nitrogens with one attached hydrogen (secondary N) is 2. The monoisotopic (exact) mass is 360 g/mol. The van der Waals surface area contributed by atoms with Crippen molar-refractivity contribution in [2.24, 2.45) is 0 Å². The molecule has 0 saturated carbocycles. The molecule has 0 bridgehead atoms. The predicted octanol–water partition coefficient (Wildman–Crippen LogP) is 4.20. The van der Waals surface area contributed by atoms with E-state index in [0.717, 1.165) is 28.0 Å². The van der Waals surface area contributed by atoms with Crippen LogP contribution in [-0.2, 0) is 6.54 Å². The van der Waals surface area contributed by atoms with Crippen molar-refractivity contribution >= 4 is 44.6 Å². The number of anilines is 1. The molecule has 1 amide bonds. The van der Waals surface area contributed by atoms with Crippen LogP contribution >= 0.6 is 22.7 Å². The molecule has 2 N–H and O–H groups in total. The molecule has 1 atom stereocenters. The van der Waals surface area contributed by atoms with Gasteiger partial charge in [-0.15, -0.1) is 22.7 Å². The largest absolute Gasteiger partial charge is 0.365 e. The molecule has 0 unspecified atom stereocenters. The number of fused-ring (bicyclic) bond motifs is 1. The van der Waals surface area contributed by atoms with Gasteiger partial charge in [0.05, 0.1) is 16.8 Å². The van der Waals surface area contributed by atoms with E-state index >= 15 is 0 Å². The lowest BCUT2D eigenvalue weighted by Gasteiger charge is -2.10. The first-order valence-electron chi connectivity index (χ1n) is 7.91. The zero-order valence-corrected chi connectivity index (χ0v) is 15.6. The second-order valence-corrected chi connectivity index (χ2v) is 7.71. The molecule has 0 aliphatic rings. The predicted molar refractivity (Wildman–Crippen MR) is 101 cm³/mol. The maximum absolute atomic E-state index is 12.5. The van der Waals surface area contributed by atoms with E-state index in [1.165, 1.54) is 16.2 Å².